The molecule has 1 fully saturated rings. The van der Waals surface area contributed by atoms with Gasteiger partial charge < -0.3 is 15.0 Å². The number of nitrogens with one attached hydrogen (secondary N) is 1. The second-order valence-electron chi connectivity index (χ2n) is 6.17. The van der Waals surface area contributed by atoms with Crippen molar-refractivity contribution in [2.75, 3.05) is 29.9 Å². The van der Waals surface area contributed by atoms with Crippen molar-refractivity contribution in [2.45, 2.75) is 25.7 Å². The summed E-state index contributed by atoms with van der Waals surface area (Å²) in [4.78, 5) is 14.6. The quantitative estimate of drug-likeness (QED) is 0.673. The number of carbonyl (C=O) groups is 1. The van der Waals surface area contributed by atoms with Gasteiger partial charge in [0.1, 0.15) is 5.75 Å². The lowest BCUT2D eigenvalue weighted by Crippen LogP contribution is -2.21. The van der Waals surface area contributed by atoms with Crippen molar-refractivity contribution in [3.8, 4) is 5.75 Å². The number of amides is 1. The number of hydrogen-bond acceptors (Lipinski definition) is 3. The summed E-state index contributed by atoms with van der Waals surface area (Å²) in [6.07, 6.45) is 3.57. The van der Waals surface area contributed by atoms with E-state index in [9.17, 15) is 4.79 Å². The Morgan fingerprint density at radius 3 is 2.56 bits per heavy atom. The summed E-state index contributed by atoms with van der Waals surface area (Å²) in [5, 5.41) is 3.05. The van der Waals surface area contributed by atoms with Gasteiger partial charge in [-0.3, -0.25) is 4.79 Å². The monoisotopic (exact) mass is 402 g/mol. The number of ether oxygens (including phenoxy) is 1. The van der Waals surface area contributed by atoms with E-state index >= 15 is 0 Å². The Kier molecular flexibility index (Phi) is 6.34. The van der Waals surface area contributed by atoms with E-state index < -0.39 is 0 Å². The van der Waals surface area contributed by atoms with Crippen LogP contribution in [0.15, 0.2) is 53.0 Å². The van der Waals surface area contributed by atoms with Gasteiger partial charge in [-0.2, -0.15) is 0 Å². The Morgan fingerprint density at radius 2 is 1.80 bits per heavy atom. The van der Waals surface area contributed by atoms with Gasteiger partial charge in [0.25, 0.3) is 0 Å². The molecule has 0 radical (unpaired) electrons. The topological polar surface area (TPSA) is 41.6 Å². The fourth-order valence-corrected chi connectivity index (χ4v) is 3.24. The number of nitrogens with zero attached hydrogens (tertiary/aromatic N) is 1. The van der Waals surface area contributed by atoms with Gasteiger partial charge in [-0.15, -0.1) is 0 Å². The number of rotatable bonds is 7. The predicted octanol–water partition coefficient (Wildman–Crippen LogP) is 4.85. The lowest BCUT2D eigenvalue weighted by molar-refractivity contribution is -0.116. The molecule has 2 aromatic carbocycles. The second kappa shape index (κ2) is 8.90. The Morgan fingerprint density at radius 1 is 1.08 bits per heavy atom. The van der Waals surface area contributed by atoms with E-state index in [0.717, 1.165) is 34.7 Å². The van der Waals surface area contributed by atoms with Crippen molar-refractivity contribution in [3.63, 3.8) is 0 Å². The summed E-state index contributed by atoms with van der Waals surface area (Å²) in [5.74, 6) is 0.856. The summed E-state index contributed by atoms with van der Waals surface area (Å²) in [6.45, 7) is 2.66. The molecule has 25 heavy (non-hydrogen) atoms. The Balaban J connectivity index is 1.45. The van der Waals surface area contributed by atoms with E-state index in [2.05, 4.69) is 32.2 Å². The number of benzene rings is 2. The first-order valence-electron chi connectivity index (χ1n) is 8.74. The molecule has 0 unspecified atom stereocenters. The van der Waals surface area contributed by atoms with Gasteiger partial charge in [-0.25, -0.2) is 0 Å². The molecule has 1 aliphatic heterocycles. The van der Waals surface area contributed by atoms with Crippen molar-refractivity contribution < 1.29 is 9.53 Å². The third kappa shape index (κ3) is 5.23. The molecule has 0 saturated carbocycles. The summed E-state index contributed by atoms with van der Waals surface area (Å²) >= 11 is 3.40. The maximum absolute atomic E-state index is 12.2. The molecule has 132 valence electrons. The first-order chi connectivity index (χ1) is 12.2. The van der Waals surface area contributed by atoms with Crippen LogP contribution in [0.4, 0.5) is 11.4 Å². The van der Waals surface area contributed by atoms with Crippen LogP contribution in [0.5, 0.6) is 5.75 Å². The van der Waals surface area contributed by atoms with Gasteiger partial charge in [-0.1, -0.05) is 28.1 Å². The zero-order valence-corrected chi connectivity index (χ0v) is 15.8. The van der Waals surface area contributed by atoms with E-state index in [0.29, 0.717) is 19.4 Å². The summed E-state index contributed by atoms with van der Waals surface area (Å²) in [5.41, 5.74) is 2.03. The van der Waals surface area contributed by atoms with Gasteiger partial charge in [-0.05, 0) is 55.7 Å². The molecule has 3 rings (SSSR count). The Bertz CT molecular complexity index is 697. The van der Waals surface area contributed by atoms with Crippen LogP contribution in [0.1, 0.15) is 25.7 Å². The number of para-hydroxylation sites is 2. The first-order valence-corrected chi connectivity index (χ1v) is 9.54. The van der Waals surface area contributed by atoms with Crippen molar-refractivity contribution in [2.24, 2.45) is 0 Å². The minimum Gasteiger partial charge on any atom is -0.494 e. The minimum absolute atomic E-state index is 0.0334. The molecule has 5 heteroatoms. The molecule has 1 N–H and O–H groups in total. The molecule has 0 aromatic heterocycles. The van der Waals surface area contributed by atoms with Crippen LogP contribution in [-0.4, -0.2) is 25.6 Å². The summed E-state index contributed by atoms with van der Waals surface area (Å²) in [7, 11) is 0. The van der Waals surface area contributed by atoms with Crippen LogP contribution < -0.4 is 15.0 Å². The number of halogens is 1. The molecule has 1 saturated heterocycles. The van der Waals surface area contributed by atoms with Crippen molar-refractivity contribution in [1.29, 1.82) is 0 Å². The molecule has 2 aromatic rings. The van der Waals surface area contributed by atoms with E-state index in [1.54, 1.807) is 0 Å². The standard InChI is InChI=1S/C20H23BrN2O2/c21-16-9-11-17(12-10-16)25-15-5-8-20(24)22-18-6-1-2-7-19(18)23-13-3-4-14-23/h1-2,6-7,9-12H,3-5,8,13-15H2,(H,22,24). The molecule has 0 bridgehead atoms. The summed E-state index contributed by atoms with van der Waals surface area (Å²) in [6, 6.07) is 15.8. The Hall–Kier alpha value is -2.01. The normalized spacial score (nSPS) is 13.7. The number of anilines is 2. The number of carbonyl (C=O) groups excluding carboxylic acids is 1. The molecule has 0 spiro atoms. The third-order valence-corrected chi connectivity index (χ3v) is 4.78. The van der Waals surface area contributed by atoms with E-state index in [-0.39, 0.29) is 5.91 Å². The van der Waals surface area contributed by atoms with E-state index in [1.165, 1.54) is 12.8 Å². The summed E-state index contributed by atoms with van der Waals surface area (Å²) < 4.78 is 6.68. The molecule has 1 heterocycles. The molecule has 4 nitrogen and oxygen atoms in total. The lowest BCUT2D eigenvalue weighted by atomic mass is 10.2. The zero-order chi connectivity index (χ0) is 17.5. The third-order valence-electron chi connectivity index (χ3n) is 4.26. The van der Waals surface area contributed by atoms with Gasteiger partial charge >= 0.3 is 0 Å². The van der Waals surface area contributed by atoms with Crippen LogP contribution in [-0.2, 0) is 4.79 Å². The SMILES string of the molecule is O=C(CCCOc1ccc(Br)cc1)Nc1ccccc1N1CCCC1. The molecule has 1 aliphatic rings. The highest BCUT2D eigenvalue weighted by Crippen LogP contribution is 2.28. The minimum atomic E-state index is 0.0334. The van der Waals surface area contributed by atoms with Gasteiger partial charge in [0.2, 0.25) is 5.91 Å². The second-order valence-corrected chi connectivity index (χ2v) is 7.08. The van der Waals surface area contributed by atoms with E-state index in [1.807, 2.05) is 42.5 Å². The maximum atomic E-state index is 12.2. The predicted molar refractivity (Wildman–Crippen MR) is 105 cm³/mol. The van der Waals surface area contributed by atoms with Gasteiger partial charge in [0.05, 0.1) is 18.0 Å². The van der Waals surface area contributed by atoms with Crippen molar-refractivity contribution in [3.05, 3.63) is 53.0 Å². The van der Waals surface area contributed by atoms with Crippen LogP contribution >= 0.6 is 15.9 Å². The molecular formula is C20H23BrN2O2. The highest BCUT2D eigenvalue weighted by molar-refractivity contribution is 9.10. The highest BCUT2D eigenvalue weighted by atomic mass is 79.9. The first kappa shape index (κ1) is 17.8. The lowest BCUT2D eigenvalue weighted by Gasteiger charge is -2.21. The van der Waals surface area contributed by atoms with Crippen LogP contribution in [0.25, 0.3) is 0 Å². The van der Waals surface area contributed by atoms with Gasteiger partial charge in [0, 0.05) is 24.0 Å². The van der Waals surface area contributed by atoms with Crippen LogP contribution in [0.3, 0.4) is 0 Å². The smallest absolute Gasteiger partial charge is 0.224 e. The molecular weight excluding hydrogens is 380 g/mol. The average molecular weight is 403 g/mol. The Labute approximate surface area is 157 Å². The fraction of sp³-hybridized carbons (Fsp3) is 0.350. The number of hydrogen-bond donors (Lipinski definition) is 1. The van der Waals surface area contributed by atoms with Crippen LogP contribution in [0, 0.1) is 0 Å². The van der Waals surface area contributed by atoms with Crippen molar-refractivity contribution >= 4 is 33.2 Å². The van der Waals surface area contributed by atoms with E-state index in [4.69, 9.17) is 4.74 Å². The molecule has 0 aliphatic carbocycles. The maximum Gasteiger partial charge on any atom is 0.224 e. The average Bonchev–Trinajstić information content (AvgIpc) is 3.15. The highest BCUT2D eigenvalue weighted by Gasteiger charge is 2.16. The molecule has 1 amide bonds. The van der Waals surface area contributed by atoms with Gasteiger partial charge in [0.15, 0.2) is 0 Å². The molecule has 0 atom stereocenters. The van der Waals surface area contributed by atoms with Crippen molar-refractivity contribution in [1.82, 2.24) is 0 Å². The zero-order valence-electron chi connectivity index (χ0n) is 14.2. The largest absolute Gasteiger partial charge is 0.494 e. The van der Waals surface area contributed by atoms with Crippen LogP contribution in [0.2, 0.25) is 0 Å². The fourth-order valence-electron chi connectivity index (χ4n) is 2.98.